The van der Waals surface area contributed by atoms with Gasteiger partial charge in [-0.15, -0.1) is 11.6 Å². The van der Waals surface area contributed by atoms with E-state index in [0.717, 1.165) is 12.2 Å². The SMILES string of the molecule is Cc1c(Cl)cnn1CCOCCCl. The third-order valence-electron chi connectivity index (χ3n) is 1.71. The quantitative estimate of drug-likeness (QED) is 0.564. The Hall–Kier alpha value is -0.250. The second kappa shape index (κ2) is 5.47. The number of hydrogen-bond acceptors (Lipinski definition) is 2. The molecule has 0 fully saturated rings. The number of nitrogens with zero attached hydrogens (tertiary/aromatic N) is 2. The number of ether oxygens (including phenoxy) is 1. The second-order valence-corrected chi connectivity index (χ2v) is 3.39. The van der Waals surface area contributed by atoms with Crippen LogP contribution in [0.4, 0.5) is 0 Å². The predicted octanol–water partition coefficient (Wildman–Crippen LogP) is 2.10. The molecular weight excluding hydrogens is 211 g/mol. The lowest BCUT2D eigenvalue weighted by molar-refractivity contribution is 0.137. The van der Waals surface area contributed by atoms with E-state index in [1.165, 1.54) is 0 Å². The first-order valence-corrected chi connectivity index (χ1v) is 4.98. The van der Waals surface area contributed by atoms with Crippen molar-refractivity contribution in [1.82, 2.24) is 9.78 Å². The summed E-state index contributed by atoms with van der Waals surface area (Å²) in [5, 5.41) is 4.78. The molecule has 0 amide bonds. The molecule has 0 aliphatic rings. The van der Waals surface area contributed by atoms with Crippen molar-refractivity contribution < 1.29 is 4.74 Å². The standard InChI is InChI=1S/C8H12Cl2N2O/c1-7-8(10)6-11-12(7)3-5-13-4-2-9/h6H,2-5H2,1H3. The van der Waals surface area contributed by atoms with Crippen LogP contribution < -0.4 is 0 Å². The third kappa shape index (κ3) is 3.18. The molecule has 0 N–H and O–H groups in total. The van der Waals surface area contributed by atoms with Crippen LogP contribution in [0, 0.1) is 6.92 Å². The molecule has 3 nitrogen and oxygen atoms in total. The summed E-state index contributed by atoms with van der Waals surface area (Å²) in [5.74, 6) is 0.527. The number of alkyl halides is 1. The van der Waals surface area contributed by atoms with E-state index in [1.807, 2.05) is 11.6 Å². The van der Waals surface area contributed by atoms with E-state index in [2.05, 4.69) is 5.10 Å². The van der Waals surface area contributed by atoms with Crippen molar-refractivity contribution in [2.45, 2.75) is 13.5 Å². The zero-order valence-electron chi connectivity index (χ0n) is 7.46. The van der Waals surface area contributed by atoms with Gasteiger partial charge in [-0.05, 0) is 6.92 Å². The molecule has 0 aromatic carbocycles. The highest BCUT2D eigenvalue weighted by Gasteiger charge is 2.02. The highest BCUT2D eigenvalue weighted by molar-refractivity contribution is 6.31. The van der Waals surface area contributed by atoms with Crippen LogP contribution in [0.3, 0.4) is 0 Å². The number of rotatable bonds is 5. The van der Waals surface area contributed by atoms with Crippen molar-refractivity contribution in [1.29, 1.82) is 0 Å². The molecule has 0 spiro atoms. The number of halogens is 2. The van der Waals surface area contributed by atoms with Crippen molar-refractivity contribution in [3.63, 3.8) is 0 Å². The van der Waals surface area contributed by atoms with Gasteiger partial charge in [-0.3, -0.25) is 4.68 Å². The van der Waals surface area contributed by atoms with Gasteiger partial charge in [0.05, 0.1) is 36.7 Å². The first-order chi connectivity index (χ1) is 6.25. The van der Waals surface area contributed by atoms with Gasteiger partial charge in [-0.25, -0.2) is 0 Å². The number of aromatic nitrogens is 2. The van der Waals surface area contributed by atoms with Crippen molar-refractivity contribution >= 4 is 23.2 Å². The van der Waals surface area contributed by atoms with Gasteiger partial charge < -0.3 is 4.74 Å². The van der Waals surface area contributed by atoms with E-state index in [-0.39, 0.29) is 0 Å². The van der Waals surface area contributed by atoms with Crippen LogP contribution in [0.15, 0.2) is 6.20 Å². The predicted molar refractivity (Wildman–Crippen MR) is 53.5 cm³/mol. The average Bonchev–Trinajstić information content (AvgIpc) is 2.43. The fraction of sp³-hybridized carbons (Fsp3) is 0.625. The van der Waals surface area contributed by atoms with E-state index in [1.54, 1.807) is 6.20 Å². The monoisotopic (exact) mass is 222 g/mol. The summed E-state index contributed by atoms with van der Waals surface area (Å²) >= 11 is 11.3. The Morgan fingerprint density at radius 3 is 2.85 bits per heavy atom. The fourth-order valence-corrected chi connectivity index (χ4v) is 1.21. The lowest BCUT2D eigenvalue weighted by atomic mass is 10.5. The molecule has 1 aromatic heterocycles. The van der Waals surface area contributed by atoms with E-state index in [0.29, 0.717) is 24.1 Å². The van der Waals surface area contributed by atoms with Crippen LogP contribution >= 0.6 is 23.2 Å². The fourth-order valence-electron chi connectivity index (χ4n) is 0.957. The summed E-state index contributed by atoms with van der Waals surface area (Å²) in [5.41, 5.74) is 0.969. The van der Waals surface area contributed by atoms with Crippen LogP contribution in [-0.2, 0) is 11.3 Å². The summed E-state index contributed by atoms with van der Waals surface area (Å²) in [6, 6.07) is 0. The summed E-state index contributed by atoms with van der Waals surface area (Å²) in [7, 11) is 0. The van der Waals surface area contributed by atoms with Crippen molar-refractivity contribution in [2.75, 3.05) is 19.1 Å². The van der Waals surface area contributed by atoms with Gasteiger partial charge in [0.25, 0.3) is 0 Å². The Bertz CT molecular complexity index is 263. The van der Waals surface area contributed by atoms with E-state index in [4.69, 9.17) is 27.9 Å². The molecule has 1 aromatic rings. The normalized spacial score (nSPS) is 10.7. The first kappa shape index (κ1) is 10.8. The van der Waals surface area contributed by atoms with Crippen LogP contribution in [0.2, 0.25) is 5.02 Å². The molecule has 74 valence electrons. The molecule has 0 saturated carbocycles. The van der Waals surface area contributed by atoms with Gasteiger partial charge in [0, 0.05) is 5.88 Å². The van der Waals surface area contributed by atoms with Gasteiger partial charge in [0.1, 0.15) is 0 Å². The average molecular weight is 223 g/mol. The topological polar surface area (TPSA) is 27.1 Å². The molecule has 0 saturated heterocycles. The molecule has 0 bridgehead atoms. The minimum atomic E-state index is 0.527. The van der Waals surface area contributed by atoms with Gasteiger partial charge in [-0.1, -0.05) is 11.6 Å². The Balaban J connectivity index is 2.32. The van der Waals surface area contributed by atoms with E-state index >= 15 is 0 Å². The molecule has 5 heteroatoms. The highest BCUT2D eigenvalue weighted by atomic mass is 35.5. The zero-order valence-corrected chi connectivity index (χ0v) is 8.98. The minimum absolute atomic E-state index is 0.527. The molecule has 0 aliphatic heterocycles. The first-order valence-electron chi connectivity index (χ1n) is 4.07. The lowest BCUT2D eigenvalue weighted by Crippen LogP contribution is -2.09. The molecule has 0 radical (unpaired) electrons. The maximum atomic E-state index is 5.82. The molecule has 13 heavy (non-hydrogen) atoms. The van der Waals surface area contributed by atoms with Crippen LogP contribution in [0.25, 0.3) is 0 Å². The van der Waals surface area contributed by atoms with Crippen molar-refractivity contribution in [2.24, 2.45) is 0 Å². The maximum absolute atomic E-state index is 5.82. The van der Waals surface area contributed by atoms with Crippen molar-refractivity contribution in [3.05, 3.63) is 16.9 Å². The Kier molecular flexibility index (Phi) is 4.56. The van der Waals surface area contributed by atoms with Gasteiger partial charge >= 0.3 is 0 Å². The maximum Gasteiger partial charge on any atom is 0.0814 e. The minimum Gasteiger partial charge on any atom is -0.378 e. The van der Waals surface area contributed by atoms with E-state index in [9.17, 15) is 0 Å². The van der Waals surface area contributed by atoms with Crippen LogP contribution in [-0.4, -0.2) is 28.9 Å². The Morgan fingerprint density at radius 1 is 1.54 bits per heavy atom. The largest absolute Gasteiger partial charge is 0.378 e. The zero-order chi connectivity index (χ0) is 9.68. The summed E-state index contributed by atoms with van der Waals surface area (Å²) in [6.07, 6.45) is 1.64. The lowest BCUT2D eigenvalue weighted by Gasteiger charge is -2.04. The van der Waals surface area contributed by atoms with Gasteiger partial charge in [-0.2, -0.15) is 5.10 Å². The summed E-state index contributed by atoms with van der Waals surface area (Å²) in [6.45, 7) is 3.84. The molecular formula is C8H12Cl2N2O. The molecule has 1 rings (SSSR count). The molecule has 0 unspecified atom stereocenters. The van der Waals surface area contributed by atoms with E-state index < -0.39 is 0 Å². The molecule has 0 aliphatic carbocycles. The number of hydrogen-bond donors (Lipinski definition) is 0. The smallest absolute Gasteiger partial charge is 0.0814 e. The third-order valence-corrected chi connectivity index (χ3v) is 2.24. The van der Waals surface area contributed by atoms with Gasteiger partial charge in [0.15, 0.2) is 0 Å². The molecule has 1 heterocycles. The molecule has 0 atom stereocenters. The summed E-state index contributed by atoms with van der Waals surface area (Å²) < 4.78 is 7.03. The Morgan fingerprint density at radius 2 is 2.31 bits per heavy atom. The van der Waals surface area contributed by atoms with Gasteiger partial charge in [0.2, 0.25) is 0 Å². The Labute approximate surface area is 87.6 Å². The van der Waals surface area contributed by atoms with Crippen LogP contribution in [0.1, 0.15) is 5.69 Å². The highest BCUT2D eigenvalue weighted by Crippen LogP contribution is 2.12. The van der Waals surface area contributed by atoms with Crippen LogP contribution in [0.5, 0.6) is 0 Å². The second-order valence-electron chi connectivity index (χ2n) is 2.60. The van der Waals surface area contributed by atoms with Crippen molar-refractivity contribution in [3.8, 4) is 0 Å². The summed E-state index contributed by atoms with van der Waals surface area (Å²) in [4.78, 5) is 0.